The summed E-state index contributed by atoms with van der Waals surface area (Å²) in [4.78, 5) is 20.1. The van der Waals surface area contributed by atoms with Crippen LogP contribution in [0.15, 0.2) is 59.1 Å². The number of carboxylic acids is 1. The first-order valence-electron chi connectivity index (χ1n) is 10.4. The van der Waals surface area contributed by atoms with Crippen LogP contribution in [0.1, 0.15) is 39.5 Å². The largest absolute Gasteiger partial charge is 0.478 e. The molecule has 1 aliphatic rings. The van der Waals surface area contributed by atoms with E-state index in [4.69, 9.17) is 16.6 Å². The Balaban J connectivity index is 1.70. The normalized spacial score (nSPS) is 18.2. The molecule has 3 aromatic rings. The zero-order valence-corrected chi connectivity index (χ0v) is 19.1. The Morgan fingerprint density at radius 2 is 2.06 bits per heavy atom. The smallest absolute Gasteiger partial charge is 0.335 e. The molecule has 0 bridgehead atoms. The lowest BCUT2D eigenvalue weighted by atomic mass is 10.0. The molecule has 0 saturated carbocycles. The molecule has 2 atom stereocenters. The van der Waals surface area contributed by atoms with Crippen LogP contribution in [0, 0.1) is 6.92 Å². The summed E-state index contributed by atoms with van der Waals surface area (Å²) in [7, 11) is 4.07. The fraction of sp³-hybridized carbons (Fsp3) is 0.292. The molecule has 4 rings (SSSR count). The third-order valence-corrected chi connectivity index (χ3v) is 6.00. The molecule has 2 aromatic heterocycles. The van der Waals surface area contributed by atoms with Gasteiger partial charge in [0.2, 0.25) is 0 Å². The fourth-order valence-electron chi connectivity index (χ4n) is 3.99. The van der Waals surface area contributed by atoms with Gasteiger partial charge < -0.3 is 24.6 Å². The Kier molecular flexibility index (Phi) is 6.25. The van der Waals surface area contributed by atoms with Crippen LogP contribution in [0.3, 0.4) is 0 Å². The van der Waals surface area contributed by atoms with E-state index in [9.17, 15) is 9.90 Å². The fourth-order valence-corrected chi connectivity index (χ4v) is 4.32. The van der Waals surface area contributed by atoms with Crippen molar-refractivity contribution >= 4 is 23.3 Å². The monoisotopic (exact) mass is 450 g/mol. The number of benzene rings is 1. The molecule has 0 radical (unpaired) electrons. The summed E-state index contributed by atoms with van der Waals surface area (Å²) in [5, 5.41) is 13.3. The van der Waals surface area contributed by atoms with Crippen LogP contribution in [-0.2, 0) is 0 Å². The zero-order chi connectivity index (χ0) is 22.8. The van der Waals surface area contributed by atoms with Crippen LogP contribution in [-0.4, -0.2) is 58.2 Å². The summed E-state index contributed by atoms with van der Waals surface area (Å²) in [5.41, 5.74) is 2.86. The Morgan fingerprint density at radius 3 is 2.72 bits per heavy atom. The Bertz CT molecular complexity index is 1130. The quantitative estimate of drug-likeness (QED) is 0.525. The number of aromatic carboxylic acids is 1. The summed E-state index contributed by atoms with van der Waals surface area (Å²) in [6.07, 6.45) is 1.78. The van der Waals surface area contributed by atoms with Gasteiger partial charge in [-0.15, -0.1) is 0 Å². The highest BCUT2D eigenvalue weighted by Crippen LogP contribution is 2.40. The van der Waals surface area contributed by atoms with Crippen molar-refractivity contribution < 1.29 is 14.3 Å². The molecule has 0 amide bonds. The molecule has 1 saturated heterocycles. The van der Waals surface area contributed by atoms with E-state index in [-0.39, 0.29) is 17.6 Å². The number of carbonyl (C=O) groups is 1. The highest BCUT2D eigenvalue weighted by Gasteiger charge is 2.41. The molecule has 7 nitrogen and oxygen atoms in total. The third kappa shape index (κ3) is 4.37. The Morgan fingerprint density at radius 1 is 1.25 bits per heavy atom. The van der Waals surface area contributed by atoms with Crippen LogP contribution >= 0.6 is 12.2 Å². The van der Waals surface area contributed by atoms with Crippen molar-refractivity contribution in [2.75, 3.05) is 27.2 Å². The molecule has 0 spiro atoms. The van der Waals surface area contributed by atoms with E-state index in [2.05, 4.69) is 20.1 Å². The predicted molar refractivity (Wildman–Crippen MR) is 127 cm³/mol. The zero-order valence-electron chi connectivity index (χ0n) is 18.3. The number of nitrogens with one attached hydrogen (secondary N) is 1. The standard InChI is InChI=1S/C24H26N4O3S/c1-15-14-16(23(29)30)7-8-17(15)19-9-10-20(31-19)22-21(18-6-4-5-11-25-18)26-24(32)28(22)13-12-27(2)3/h4-11,14,21-22H,12-13H2,1-3H3,(H,26,32)(H,29,30)/t21-,22+/m1/s1. The number of furan rings is 1. The lowest BCUT2D eigenvalue weighted by molar-refractivity contribution is 0.0697. The molecule has 1 aliphatic heterocycles. The molecular weight excluding hydrogens is 424 g/mol. The second kappa shape index (κ2) is 9.10. The van der Waals surface area contributed by atoms with Gasteiger partial charge in [-0.3, -0.25) is 4.98 Å². The number of aryl methyl sites for hydroxylation is 1. The van der Waals surface area contributed by atoms with Crippen LogP contribution in [0.5, 0.6) is 0 Å². The molecule has 1 aromatic carbocycles. The van der Waals surface area contributed by atoms with Gasteiger partial charge in [0.1, 0.15) is 17.6 Å². The maximum atomic E-state index is 11.3. The number of thiocarbonyl (C=S) groups is 1. The van der Waals surface area contributed by atoms with Crippen molar-refractivity contribution in [1.82, 2.24) is 20.1 Å². The minimum atomic E-state index is -0.944. The summed E-state index contributed by atoms with van der Waals surface area (Å²) in [6, 6.07) is 14.5. The van der Waals surface area contributed by atoms with Gasteiger partial charge in [0.25, 0.3) is 0 Å². The van der Waals surface area contributed by atoms with Crippen molar-refractivity contribution in [2.24, 2.45) is 0 Å². The van der Waals surface area contributed by atoms with Crippen LogP contribution in [0.25, 0.3) is 11.3 Å². The first-order chi connectivity index (χ1) is 15.3. The number of likely N-dealkylation sites (N-methyl/N-ethyl adjacent to an activating group) is 1. The number of pyridine rings is 1. The molecule has 8 heteroatoms. The van der Waals surface area contributed by atoms with Crippen molar-refractivity contribution in [2.45, 2.75) is 19.0 Å². The maximum Gasteiger partial charge on any atom is 0.335 e. The summed E-state index contributed by atoms with van der Waals surface area (Å²) in [6.45, 7) is 3.47. The molecular formula is C24H26N4O3S. The molecule has 32 heavy (non-hydrogen) atoms. The van der Waals surface area contributed by atoms with Crippen LogP contribution in [0.4, 0.5) is 0 Å². The van der Waals surface area contributed by atoms with E-state index in [1.165, 1.54) is 0 Å². The van der Waals surface area contributed by atoms with E-state index in [0.717, 1.165) is 35.7 Å². The number of rotatable bonds is 7. The lowest BCUT2D eigenvalue weighted by Gasteiger charge is -2.27. The van der Waals surface area contributed by atoms with Crippen molar-refractivity contribution in [3.8, 4) is 11.3 Å². The van der Waals surface area contributed by atoms with Gasteiger partial charge >= 0.3 is 5.97 Å². The molecule has 166 valence electrons. The lowest BCUT2D eigenvalue weighted by Crippen LogP contribution is -2.35. The number of aromatic nitrogens is 1. The number of nitrogens with zero attached hydrogens (tertiary/aromatic N) is 3. The third-order valence-electron chi connectivity index (χ3n) is 5.64. The summed E-state index contributed by atoms with van der Waals surface area (Å²) < 4.78 is 6.34. The van der Waals surface area contributed by atoms with E-state index in [0.29, 0.717) is 10.9 Å². The average Bonchev–Trinajstić information content (AvgIpc) is 3.37. The second-order valence-electron chi connectivity index (χ2n) is 8.16. The van der Waals surface area contributed by atoms with Crippen molar-refractivity contribution in [3.63, 3.8) is 0 Å². The average molecular weight is 451 g/mol. The van der Waals surface area contributed by atoms with Gasteiger partial charge in [-0.2, -0.15) is 0 Å². The SMILES string of the molecule is Cc1cc(C(=O)O)ccc1-c1ccc([C@H]2[C@@H](c3ccccn3)NC(=S)N2CCN(C)C)o1. The van der Waals surface area contributed by atoms with Crippen molar-refractivity contribution in [1.29, 1.82) is 0 Å². The number of hydrogen-bond donors (Lipinski definition) is 2. The maximum absolute atomic E-state index is 11.3. The molecule has 1 fully saturated rings. The number of hydrogen-bond acceptors (Lipinski definition) is 5. The van der Waals surface area contributed by atoms with E-state index >= 15 is 0 Å². The molecule has 3 heterocycles. The predicted octanol–water partition coefficient (Wildman–Crippen LogP) is 3.88. The number of carboxylic acid groups (broad SMARTS) is 1. The molecule has 0 aliphatic carbocycles. The summed E-state index contributed by atoms with van der Waals surface area (Å²) in [5.74, 6) is 0.531. The highest BCUT2D eigenvalue weighted by atomic mass is 32.1. The van der Waals surface area contributed by atoms with Crippen LogP contribution in [0.2, 0.25) is 0 Å². The second-order valence-corrected chi connectivity index (χ2v) is 8.55. The minimum Gasteiger partial charge on any atom is -0.478 e. The van der Waals surface area contributed by atoms with E-state index in [1.807, 2.05) is 51.4 Å². The van der Waals surface area contributed by atoms with Gasteiger partial charge in [0, 0.05) is 24.8 Å². The topological polar surface area (TPSA) is 81.8 Å². The molecule has 2 N–H and O–H groups in total. The van der Waals surface area contributed by atoms with E-state index in [1.54, 1.807) is 24.4 Å². The van der Waals surface area contributed by atoms with E-state index < -0.39 is 5.97 Å². The van der Waals surface area contributed by atoms with Gasteiger partial charge in [-0.1, -0.05) is 12.1 Å². The molecule has 0 unspecified atom stereocenters. The van der Waals surface area contributed by atoms with Gasteiger partial charge in [-0.05, 0) is 75.2 Å². The van der Waals surface area contributed by atoms with Crippen molar-refractivity contribution in [3.05, 3.63) is 77.3 Å². The highest BCUT2D eigenvalue weighted by molar-refractivity contribution is 7.80. The van der Waals surface area contributed by atoms with Gasteiger partial charge in [0.15, 0.2) is 5.11 Å². The Labute approximate surface area is 192 Å². The first kappa shape index (κ1) is 22.0. The van der Waals surface area contributed by atoms with Crippen LogP contribution < -0.4 is 5.32 Å². The Hall–Kier alpha value is -3.23. The minimum absolute atomic E-state index is 0.139. The van der Waals surface area contributed by atoms with Gasteiger partial charge in [0.05, 0.1) is 17.3 Å². The first-order valence-corrected chi connectivity index (χ1v) is 10.8. The van der Waals surface area contributed by atoms with Gasteiger partial charge in [-0.25, -0.2) is 4.79 Å². The summed E-state index contributed by atoms with van der Waals surface area (Å²) >= 11 is 5.68.